The average molecular weight is 352 g/mol. The van der Waals surface area contributed by atoms with Crippen LogP contribution in [0.1, 0.15) is 0 Å². The molecule has 0 unspecified atom stereocenters. The molecule has 0 atom stereocenters. The van der Waals surface area contributed by atoms with Crippen molar-refractivity contribution in [3.8, 4) is 11.4 Å². The lowest BCUT2D eigenvalue weighted by Crippen LogP contribution is -2.46. The van der Waals surface area contributed by atoms with Gasteiger partial charge in [-0.05, 0) is 5.21 Å². The van der Waals surface area contributed by atoms with Crippen molar-refractivity contribution in [2.45, 2.75) is 6.54 Å². The topological polar surface area (TPSA) is 88.0 Å². The summed E-state index contributed by atoms with van der Waals surface area (Å²) in [5.41, 5.74) is 0.887. The van der Waals surface area contributed by atoms with Crippen molar-refractivity contribution in [2.75, 3.05) is 39.3 Å². The van der Waals surface area contributed by atoms with Gasteiger partial charge < -0.3 is 10.6 Å². The van der Waals surface area contributed by atoms with Crippen LogP contribution < -0.4 is 10.6 Å². The second-order valence-electron chi connectivity index (χ2n) is 5.45. The van der Waals surface area contributed by atoms with Crippen molar-refractivity contribution in [1.82, 2.24) is 35.7 Å². The number of hydrogen-bond acceptors (Lipinski definition) is 6. The van der Waals surface area contributed by atoms with Crippen LogP contribution in [0.5, 0.6) is 0 Å². The van der Waals surface area contributed by atoms with Gasteiger partial charge in [-0.15, -0.1) is 22.6 Å². The maximum atomic E-state index is 11.9. The second kappa shape index (κ2) is 9.31. The molecule has 1 aliphatic heterocycles. The summed E-state index contributed by atoms with van der Waals surface area (Å²) in [5, 5.41) is 18.3. The number of tetrazole rings is 1. The predicted octanol–water partition coefficient (Wildman–Crippen LogP) is -0.217. The van der Waals surface area contributed by atoms with Gasteiger partial charge in [0, 0.05) is 44.8 Å². The third-order valence-corrected chi connectivity index (χ3v) is 3.73. The zero-order chi connectivity index (χ0) is 15.9. The molecule has 2 aromatic rings. The van der Waals surface area contributed by atoms with Gasteiger partial charge in [0.05, 0.1) is 0 Å². The van der Waals surface area contributed by atoms with E-state index in [1.165, 1.54) is 4.80 Å². The first-order valence-electron chi connectivity index (χ1n) is 7.84. The molecule has 1 amide bonds. The Morgan fingerprint density at radius 2 is 1.96 bits per heavy atom. The molecule has 8 nitrogen and oxygen atoms in total. The Hall–Kier alpha value is -2.03. The fourth-order valence-corrected chi connectivity index (χ4v) is 2.49. The Morgan fingerprint density at radius 3 is 2.71 bits per heavy atom. The first kappa shape index (κ1) is 18.3. The summed E-state index contributed by atoms with van der Waals surface area (Å²) in [6.45, 7) is 5.67. The normalized spacial score (nSPS) is 14.8. The first-order valence-corrected chi connectivity index (χ1v) is 7.84. The summed E-state index contributed by atoms with van der Waals surface area (Å²) in [7, 11) is 0. The summed E-state index contributed by atoms with van der Waals surface area (Å²) in [6.07, 6.45) is 0. The van der Waals surface area contributed by atoms with E-state index in [-0.39, 0.29) is 24.9 Å². The highest BCUT2D eigenvalue weighted by Crippen LogP contribution is 2.11. The van der Waals surface area contributed by atoms with E-state index >= 15 is 0 Å². The Morgan fingerprint density at radius 1 is 1.21 bits per heavy atom. The molecular formula is C15H22ClN7O. The van der Waals surface area contributed by atoms with E-state index in [1.54, 1.807) is 0 Å². The number of hydrogen-bond donors (Lipinski definition) is 2. The van der Waals surface area contributed by atoms with E-state index in [2.05, 4.69) is 30.9 Å². The van der Waals surface area contributed by atoms with E-state index in [0.717, 1.165) is 38.3 Å². The number of aromatic nitrogens is 4. The van der Waals surface area contributed by atoms with Crippen molar-refractivity contribution in [1.29, 1.82) is 0 Å². The van der Waals surface area contributed by atoms with Gasteiger partial charge in [0.15, 0.2) is 0 Å². The molecule has 2 N–H and O–H groups in total. The van der Waals surface area contributed by atoms with Gasteiger partial charge in [-0.3, -0.25) is 9.69 Å². The molecule has 1 aliphatic rings. The molecule has 0 saturated carbocycles. The highest BCUT2D eigenvalue weighted by atomic mass is 35.5. The van der Waals surface area contributed by atoms with Crippen LogP contribution in [-0.2, 0) is 11.3 Å². The summed E-state index contributed by atoms with van der Waals surface area (Å²) in [6, 6.07) is 9.58. The largest absolute Gasteiger partial charge is 0.353 e. The molecule has 1 aromatic carbocycles. The molecule has 130 valence electrons. The number of nitrogens with one attached hydrogen (secondary N) is 2. The summed E-state index contributed by atoms with van der Waals surface area (Å²) < 4.78 is 0. The van der Waals surface area contributed by atoms with Gasteiger partial charge in [-0.1, -0.05) is 30.3 Å². The molecular weight excluding hydrogens is 330 g/mol. The Balaban J connectivity index is 0.00000208. The van der Waals surface area contributed by atoms with E-state index < -0.39 is 0 Å². The van der Waals surface area contributed by atoms with Crippen LogP contribution in [0, 0.1) is 0 Å². The molecule has 0 radical (unpaired) electrons. The molecule has 0 spiro atoms. The molecule has 0 aliphatic carbocycles. The third kappa shape index (κ3) is 5.26. The van der Waals surface area contributed by atoms with Crippen LogP contribution in [0.4, 0.5) is 0 Å². The molecule has 3 rings (SSSR count). The van der Waals surface area contributed by atoms with E-state index in [4.69, 9.17) is 0 Å². The smallest absolute Gasteiger partial charge is 0.243 e. The van der Waals surface area contributed by atoms with Crippen molar-refractivity contribution in [3.05, 3.63) is 30.3 Å². The zero-order valence-electron chi connectivity index (χ0n) is 13.4. The lowest BCUT2D eigenvalue weighted by molar-refractivity contribution is -0.122. The van der Waals surface area contributed by atoms with Crippen LogP contribution >= 0.6 is 12.4 Å². The molecule has 24 heavy (non-hydrogen) atoms. The molecule has 0 bridgehead atoms. The number of carbonyl (C=O) groups excluding carboxylic acids is 1. The van der Waals surface area contributed by atoms with Crippen LogP contribution in [0.15, 0.2) is 30.3 Å². The van der Waals surface area contributed by atoms with Crippen molar-refractivity contribution >= 4 is 18.3 Å². The van der Waals surface area contributed by atoms with E-state index in [1.807, 2.05) is 30.3 Å². The number of benzene rings is 1. The van der Waals surface area contributed by atoms with Crippen LogP contribution in [0.2, 0.25) is 0 Å². The summed E-state index contributed by atoms with van der Waals surface area (Å²) in [5.74, 6) is 0.427. The SMILES string of the molecule is Cl.O=C(Cn1nnc(-c2ccccc2)n1)NCCN1CCNCC1. The number of carbonyl (C=O) groups is 1. The van der Waals surface area contributed by atoms with Crippen molar-refractivity contribution in [2.24, 2.45) is 0 Å². The van der Waals surface area contributed by atoms with Gasteiger partial charge in [-0.2, -0.15) is 4.80 Å². The number of piperazine rings is 1. The van der Waals surface area contributed by atoms with Crippen LogP contribution in [0.3, 0.4) is 0 Å². The molecule has 1 saturated heterocycles. The maximum Gasteiger partial charge on any atom is 0.243 e. The number of nitrogens with zero attached hydrogens (tertiary/aromatic N) is 5. The zero-order valence-corrected chi connectivity index (χ0v) is 14.2. The third-order valence-electron chi connectivity index (χ3n) is 3.73. The fraction of sp³-hybridized carbons (Fsp3) is 0.467. The van der Waals surface area contributed by atoms with Gasteiger partial charge in [0.1, 0.15) is 6.54 Å². The van der Waals surface area contributed by atoms with Crippen LogP contribution in [0.25, 0.3) is 11.4 Å². The molecule has 1 aromatic heterocycles. The lowest BCUT2D eigenvalue weighted by atomic mass is 10.2. The molecule has 9 heteroatoms. The minimum atomic E-state index is -0.0999. The minimum absolute atomic E-state index is 0. The highest BCUT2D eigenvalue weighted by Gasteiger charge is 2.11. The van der Waals surface area contributed by atoms with Gasteiger partial charge in [0.25, 0.3) is 0 Å². The second-order valence-corrected chi connectivity index (χ2v) is 5.45. The minimum Gasteiger partial charge on any atom is -0.353 e. The monoisotopic (exact) mass is 351 g/mol. The maximum absolute atomic E-state index is 11.9. The quantitative estimate of drug-likeness (QED) is 0.748. The highest BCUT2D eigenvalue weighted by molar-refractivity contribution is 5.85. The van der Waals surface area contributed by atoms with E-state index in [9.17, 15) is 4.79 Å². The average Bonchev–Trinajstić information content (AvgIpc) is 3.05. The van der Waals surface area contributed by atoms with Crippen LogP contribution in [-0.4, -0.2) is 70.3 Å². The molecule has 2 heterocycles. The number of rotatable bonds is 6. The standard InChI is InChI=1S/C15H21N7O.ClH/c23-14(17-8-11-21-9-6-16-7-10-21)12-22-19-15(18-20-22)13-4-2-1-3-5-13;/h1-5,16H,6-12H2,(H,17,23);1H. The van der Waals surface area contributed by atoms with E-state index in [0.29, 0.717) is 12.4 Å². The summed E-state index contributed by atoms with van der Waals surface area (Å²) >= 11 is 0. The van der Waals surface area contributed by atoms with Gasteiger partial charge in [-0.25, -0.2) is 0 Å². The lowest BCUT2D eigenvalue weighted by Gasteiger charge is -2.27. The number of amides is 1. The summed E-state index contributed by atoms with van der Waals surface area (Å²) in [4.78, 5) is 15.6. The fourth-order valence-electron chi connectivity index (χ4n) is 2.49. The number of halogens is 1. The Kier molecular flexibility index (Phi) is 7.10. The Labute approximate surface area is 147 Å². The first-order chi connectivity index (χ1) is 11.3. The van der Waals surface area contributed by atoms with Gasteiger partial charge in [0.2, 0.25) is 11.7 Å². The van der Waals surface area contributed by atoms with Crippen molar-refractivity contribution in [3.63, 3.8) is 0 Å². The molecule has 1 fully saturated rings. The van der Waals surface area contributed by atoms with Crippen molar-refractivity contribution < 1.29 is 4.79 Å². The Bertz CT molecular complexity index is 628. The predicted molar refractivity (Wildman–Crippen MR) is 92.8 cm³/mol. The van der Waals surface area contributed by atoms with Gasteiger partial charge >= 0.3 is 0 Å².